The number of benzene rings is 1. The summed E-state index contributed by atoms with van der Waals surface area (Å²) in [5, 5.41) is 11.6. The summed E-state index contributed by atoms with van der Waals surface area (Å²) in [7, 11) is 0. The van der Waals surface area contributed by atoms with Gasteiger partial charge in [-0.3, -0.25) is 4.98 Å². The Bertz CT molecular complexity index is 669. The standard InChI is InChI=1S/C13H10I3N3O2/c14-8-4-9(15)12(10(16)5-8)21-6-7-1-2-18-11(3-7)13(17)19-20/h1-5,20H,6H2,(H2,17,19). The third kappa shape index (κ3) is 4.55. The van der Waals surface area contributed by atoms with E-state index in [4.69, 9.17) is 15.7 Å². The molecule has 0 atom stereocenters. The molecule has 8 heteroatoms. The number of hydrogen-bond donors (Lipinski definition) is 2. The zero-order chi connectivity index (χ0) is 15.4. The van der Waals surface area contributed by atoms with E-state index in [1.54, 1.807) is 12.3 Å². The van der Waals surface area contributed by atoms with Crippen molar-refractivity contribution in [3.8, 4) is 5.75 Å². The molecule has 0 saturated carbocycles. The summed E-state index contributed by atoms with van der Waals surface area (Å²) in [6.07, 6.45) is 1.61. The van der Waals surface area contributed by atoms with Gasteiger partial charge in [0.15, 0.2) is 5.84 Å². The normalized spacial score (nSPS) is 11.5. The highest BCUT2D eigenvalue weighted by Crippen LogP contribution is 2.30. The number of amidine groups is 1. The fourth-order valence-corrected chi connectivity index (χ4v) is 5.47. The third-order valence-electron chi connectivity index (χ3n) is 2.54. The van der Waals surface area contributed by atoms with E-state index in [1.165, 1.54) is 3.57 Å². The van der Waals surface area contributed by atoms with Crippen molar-refractivity contribution < 1.29 is 9.94 Å². The van der Waals surface area contributed by atoms with E-state index in [2.05, 4.69) is 90.0 Å². The maximum atomic E-state index is 8.67. The van der Waals surface area contributed by atoms with Crippen LogP contribution in [0.25, 0.3) is 0 Å². The average molecular weight is 621 g/mol. The molecule has 1 aromatic heterocycles. The van der Waals surface area contributed by atoms with Crippen LogP contribution < -0.4 is 10.5 Å². The van der Waals surface area contributed by atoms with Gasteiger partial charge in [-0.2, -0.15) is 0 Å². The molecule has 0 aliphatic carbocycles. The van der Waals surface area contributed by atoms with Gasteiger partial charge in [-0.1, -0.05) is 5.16 Å². The van der Waals surface area contributed by atoms with Crippen LogP contribution in [0.15, 0.2) is 35.6 Å². The smallest absolute Gasteiger partial charge is 0.188 e. The Morgan fingerprint density at radius 2 is 1.90 bits per heavy atom. The number of aromatic nitrogens is 1. The van der Waals surface area contributed by atoms with Crippen LogP contribution in [0, 0.1) is 10.7 Å². The molecule has 5 nitrogen and oxygen atoms in total. The zero-order valence-corrected chi connectivity index (χ0v) is 17.0. The van der Waals surface area contributed by atoms with Crippen molar-refractivity contribution in [1.29, 1.82) is 0 Å². The molecule has 0 unspecified atom stereocenters. The quantitative estimate of drug-likeness (QED) is 0.180. The lowest BCUT2D eigenvalue weighted by atomic mass is 10.2. The van der Waals surface area contributed by atoms with Gasteiger partial charge >= 0.3 is 0 Å². The number of oxime groups is 1. The fraction of sp³-hybridized carbons (Fsp3) is 0.0769. The first kappa shape index (κ1) is 17.0. The number of nitrogens with two attached hydrogens (primary N) is 1. The number of halogens is 3. The van der Waals surface area contributed by atoms with Gasteiger partial charge in [0.05, 0.1) is 7.14 Å². The van der Waals surface area contributed by atoms with Crippen LogP contribution >= 0.6 is 67.8 Å². The van der Waals surface area contributed by atoms with E-state index in [0.29, 0.717) is 12.3 Å². The van der Waals surface area contributed by atoms with Crippen LogP contribution in [0.5, 0.6) is 5.75 Å². The first-order chi connectivity index (χ1) is 10.0. The molecule has 0 bridgehead atoms. The van der Waals surface area contributed by atoms with Gasteiger partial charge < -0.3 is 15.7 Å². The molecule has 2 aromatic rings. The summed E-state index contributed by atoms with van der Waals surface area (Å²) in [4.78, 5) is 4.04. The van der Waals surface area contributed by atoms with Gasteiger partial charge in [0, 0.05) is 9.77 Å². The molecular formula is C13H10I3N3O2. The molecule has 1 heterocycles. The summed E-state index contributed by atoms with van der Waals surface area (Å²) in [6.45, 7) is 0.390. The maximum Gasteiger partial charge on any atom is 0.188 e. The Labute approximate surface area is 162 Å². The minimum absolute atomic E-state index is 0.0183. The van der Waals surface area contributed by atoms with Crippen molar-refractivity contribution in [2.45, 2.75) is 6.61 Å². The number of pyridine rings is 1. The third-order valence-corrected chi connectivity index (χ3v) is 4.77. The van der Waals surface area contributed by atoms with Gasteiger partial charge in [0.25, 0.3) is 0 Å². The number of nitrogens with zero attached hydrogens (tertiary/aromatic N) is 2. The Balaban J connectivity index is 2.17. The molecule has 0 saturated heterocycles. The zero-order valence-electron chi connectivity index (χ0n) is 10.6. The first-order valence-electron chi connectivity index (χ1n) is 5.71. The average Bonchev–Trinajstić information content (AvgIpc) is 2.45. The fourth-order valence-electron chi connectivity index (χ4n) is 1.58. The van der Waals surface area contributed by atoms with Crippen molar-refractivity contribution >= 4 is 73.6 Å². The molecule has 0 aliphatic rings. The molecule has 110 valence electrons. The van der Waals surface area contributed by atoms with Crippen LogP contribution in [-0.4, -0.2) is 16.0 Å². The summed E-state index contributed by atoms with van der Waals surface area (Å²) >= 11 is 6.80. The number of rotatable bonds is 4. The summed E-state index contributed by atoms with van der Waals surface area (Å²) in [5.74, 6) is 0.842. The maximum absolute atomic E-state index is 8.67. The second-order valence-corrected chi connectivity index (χ2v) is 7.59. The number of hydrogen-bond acceptors (Lipinski definition) is 4. The van der Waals surface area contributed by atoms with E-state index >= 15 is 0 Å². The van der Waals surface area contributed by atoms with Gasteiger partial charge in [-0.25, -0.2) is 0 Å². The van der Waals surface area contributed by atoms with E-state index < -0.39 is 0 Å². The molecule has 1 aromatic carbocycles. The molecule has 3 N–H and O–H groups in total. The largest absolute Gasteiger partial charge is 0.487 e. The van der Waals surface area contributed by atoms with Gasteiger partial charge in [0.1, 0.15) is 18.1 Å². The molecule has 21 heavy (non-hydrogen) atoms. The molecule has 0 radical (unpaired) electrons. The molecule has 2 rings (SSSR count). The topological polar surface area (TPSA) is 80.7 Å². The van der Waals surface area contributed by atoms with Crippen molar-refractivity contribution in [2.24, 2.45) is 10.9 Å². The molecular weight excluding hydrogens is 611 g/mol. The summed E-state index contributed by atoms with van der Waals surface area (Å²) < 4.78 is 9.19. The van der Waals surface area contributed by atoms with Crippen molar-refractivity contribution in [1.82, 2.24) is 4.98 Å². The van der Waals surface area contributed by atoms with Gasteiger partial charge in [-0.05, 0) is 97.6 Å². The molecule has 0 aliphatic heterocycles. The van der Waals surface area contributed by atoms with Crippen LogP contribution in [0.4, 0.5) is 0 Å². The minimum Gasteiger partial charge on any atom is -0.487 e. The second-order valence-electron chi connectivity index (χ2n) is 4.02. The molecule has 0 fully saturated rings. The van der Waals surface area contributed by atoms with Crippen molar-refractivity contribution in [2.75, 3.05) is 0 Å². The minimum atomic E-state index is -0.0183. The highest BCUT2D eigenvalue weighted by atomic mass is 127. The predicted molar refractivity (Wildman–Crippen MR) is 106 cm³/mol. The van der Waals surface area contributed by atoms with Crippen LogP contribution in [0.1, 0.15) is 11.3 Å². The highest BCUT2D eigenvalue weighted by molar-refractivity contribution is 14.1. The van der Waals surface area contributed by atoms with Gasteiger partial charge in [-0.15, -0.1) is 0 Å². The van der Waals surface area contributed by atoms with Crippen LogP contribution in [0.2, 0.25) is 0 Å². The summed E-state index contributed by atoms with van der Waals surface area (Å²) in [6, 6.07) is 7.70. The van der Waals surface area contributed by atoms with Crippen LogP contribution in [0.3, 0.4) is 0 Å². The lowest BCUT2D eigenvalue weighted by Gasteiger charge is -2.11. The molecule has 0 spiro atoms. The van der Waals surface area contributed by atoms with Gasteiger partial charge in [0.2, 0.25) is 0 Å². The highest BCUT2D eigenvalue weighted by Gasteiger charge is 2.09. The Morgan fingerprint density at radius 1 is 1.24 bits per heavy atom. The molecule has 0 amide bonds. The first-order valence-corrected chi connectivity index (χ1v) is 8.95. The van der Waals surface area contributed by atoms with E-state index in [0.717, 1.165) is 18.5 Å². The predicted octanol–water partition coefficient (Wildman–Crippen LogP) is 3.57. The van der Waals surface area contributed by atoms with E-state index in [1.807, 2.05) is 6.07 Å². The number of ether oxygens (including phenoxy) is 1. The van der Waals surface area contributed by atoms with E-state index in [9.17, 15) is 0 Å². The summed E-state index contributed by atoms with van der Waals surface area (Å²) in [5.41, 5.74) is 6.85. The Morgan fingerprint density at radius 3 is 2.52 bits per heavy atom. The van der Waals surface area contributed by atoms with E-state index in [-0.39, 0.29) is 5.84 Å². The van der Waals surface area contributed by atoms with Crippen molar-refractivity contribution in [3.63, 3.8) is 0 Å². The monoisotopic (exact) mass is 621 g/mol. The second kappa shape index (κ2) is 7.76. The van der Waals surface area contributed by atoms with Crippen molar-refractivity contribution in [3.05, 3.63) is 52.4 Å². The Hall–Kier alpha value is -0.370. The Kier molecular flexibility index (Phi) is 6.28. The lowest BCUT2D eigenvalue weighted by Crippen LogP contribution is -2.15. The lowest BCUT2D eigenvalue weighted by molar-refractivity contribution is 0.301. The van der Waals surface area contributed by atoms with Crippen LogP contribution in [-0.2, 0) is 6.61 Å². The SMILES string of the molecule is NC(=NO)c1cc(COc2c(I)cc(I)cc2I)ccn1.